The standard InChI is InChI=1S/C68H128O6/c1-4-7-10-13-16-19-22-25-28-31-34-37-40-43-46-49-52-55-58-61-67(70)73-64-65(63-72-66(69)60-57-54-51-48-45-42-39-36-33-30-27-24-21-18-15-12-9-6-3)74-68(71)62-59-56-53-50-47-44-41-38-35-32-29-26-23-20-17-14-11-8-5-2/h16,19,22,25,65H,4-15,17-18,20-21,23-24,26-64H2,1-3H3/b19-16-,25-22-. The summed E-state index contributed by atoms with van der Waals surface area (Å²) >= 11 is 0. The molecule has 0 rings (SSSR count). The molecule has 1 atom stereocenters. The minimum atomic E-state index is -0.769. The van der Waals surface area contributed by atoms with E-state index in [1.54, 1.807) is 0 Å². The van der Waals surface area contributed by atoms with E-state index in [4.69, 9.17) is 14.2 Å². The molecule has 0 saturated carbocycles. The second-order valence-electron chi connectivity index (χ2n) is 22.8. The molecule has 0 aromatic heterocycles. The first-order valence-corrected chi connectivity index (χ1v) is 33.4. The fourth-order valence-corrected chi connectivity index (χ4v) is 10.2. The van der Waals surface area contributed by atoms with E-state index in [0.717, 1.165) is 57.8 Å². The molecule has 6 nitrogen and oxygen atoms in total. The second-order valence-corrected chi connectivity index (χ2v) is 22.8. The lowest BCUT2D eigenvalue weighted by Gasteiger charge is -2.18. The van der Waals surface area contributed by atoms with Crippen molar-refractivity contribution in [1.82, 2.24) is 0 Å². The molecule has 0 N–H and O–H groups in total. The Morgan fingerprint density at radius 2 is 0.473 bits per heavy atom. The van der Waals surface area contributed by atoms with E-state index in [1.165, 1.54) is 276 Å². The van der Waals surface area contributed by atoms with Crippen molar-refractivity contribution in [2.75, 3.05) is 13.2 Å². The zero-order valence-corrected chi connectivity index (χ0v) is 50.1. The van der Waals surface area contributed by atoms with Gasteiger partial charge < -0.3 is 14.2 Å². The van der Waals surface area contributed by atoms with Crippen LogP contribution in [0.2, 0.25) is 0 Å². The summed E-state index contributed by atoms with van der Waals surface area (Å²) < 4.78 is 17.0. The van der Waals surface area contributed by atoms with Crippen LogP contribution in [0.4, 0.5) is 0 Å². The normalized spacial score (nSPS) is 12.1. The predicted molar refractivity (Wildman–Crippen MR) is 321 cm³/mol. The summed E-state index contributed by atoms with van der Waals surface area (Å²) in [7, 11) is 0. The van der Waals surface area contributed by atoms with Crippen LogP contribution < -0.4 is 0 Å². The van der Waals surface area contributed by atoms with Crippen LogP contribution in [0.1, 0.15) is 374 Å². The van der Waals surface area contributed by atoms with Gasteiger partial charge in [0.2, 0.25) is 0 Å². The molecule has 0 aliphatic rings. The number of carbonyl (C=O) groups is 3. The number of ether oxygens (including phenoxy) is 3. The van der Waals surface area contributed by atoms with E-state index >= 15 is 0 Å². The third-order valence-electron chi connectivity index (χ3n) is 15.2. The highest BCUT2D eigenvalue weighted by Crippen LogP contribution is 2.18. The van der Waals surface area contributed by atoms with E-state index in [-0.39, 0.29) is 31.1 Å². The van der Waals surface area contributed by atoms with Crippen molar-refractivity contribution in [2.24, 2.45) is 0 Å². The predicted octanol–water partition coefficient (Wildman–Crippen LogP) is 22.6. The van der Waals surface area contributed by atoms with Crippen LogP contribution in [-0.2, 0) is 28.6 Å². The Bertz CT molecular complexity index is 1190. The van der Waals surface area contributed by atoms with E-state index in [2.05, 4.69) is 45.1 Å². The lowest BCUT2D eigenvalue weighted by molar-refractivity contribution is -0.167. The fraction of sp³-hybridized carbons (Fsp3) is 0.897. The van der Waals surface area contributed by atoms with Gasteiger partial charge in [0, 0.05) is 19.3 Å². The number of esters is 3. The van der Waals surface area contributed by atoms with Gasteiger partial charge in [0.25, 0.3) is 0 Å². The highest BCUT2D eigenvalue weighted by atomic mass is 16.6. The molecule has 0 bridgehead atoms. The molecule has 0 heterocycles. The summed E-state index contributed by atoms with van der Waals surface area (Å²) in [6, 6.07) is 0. The number of rotatable bonds is 62. The Labute approximate surface area is 462 Å². The van der Waals surface area contributed by atoms with Crippen molar-refractivity contribution < 1.29 is 28.6 Å². The van der Waals surface area contributed by atoms with Crippen molar-refractivity contribution in [3.8, 4) is 0 Å². The van der Waals surface area contributed by atoms with Crippen LogP contribution >= 0.6 is 0 Å². The molecule has 0 spiro atoms. The summed E-state index contributed by atoms with van der Waals surface area (Å²) in [6.45, 7) is 6.69. The fourth-order valence-electron chi connectivity index (χ4n) is 10.2. The van der Waals surface area contributed by atoms with E-state index in [9.17, 15) is 14.4 Å². The highest BCUT2D eigenvalue weighted by Gasteiger charge is 2.19. The first-order chi connectivity index (χ1) is 36.5. The largest absolute Gasteiger partial charge is 0.462 e. The quantitative estimate of drug-likeness (QED) is 0.0261. The van der Waals surface area contributed by atoms with Crippen molar-refractivity contribution in [3.05, 3.63) is 24.3 Å². The van der Waals surface area contributed by atoms with Gasteiger partial charge in [-0.2, -0.15) is 0 Å². The van der Waals surface area contributed by atoms with Crippen LogP contribution in [0.3, 0.4) is 0 Å². The van der Waals surface area contributed by atoms with Gasteiger partial charge in [-0.1, -0.05) is 334 Å². The van der Waals surface area contributed by atoms with Crippen molar-refractivity contribution in [2.45, 2.75) is 380 Å². The Hall–Kier alpha value is -2.11. The Kier molecular flexibility index (Phi) is 61.6. The Morgan fingerprint density at radius 3 is 0.743 bits per heavy atom. The van der Waals surface area contributed by atoms with E-state index in [0.29, 0.717) is 19.3 Å². The first kappa shape index (κ1) is 71.9. The van der Waals surface area contributed by atoms with Gasteiger partial charge in [-0.05, 0) is 44.9 Å². The highest BCUT2D eigenvalue weighted by molar-refractivity contribution is 5.71. The number of allylic oxidation sites excluding steroid dienone is 4. The molecule has 0 saturated heterocycles. The molecule has 1 unspecified atom stereocenters. The maximum absolute atomic E-state index is 12.9. The molecule has 0 aromatic rings. The van der Waals surface area contributed by atoms with Crippen molar-refractivity contribution in [1.29, 1.82) is 0 Å². The number of unbranched alkanes of at least 4 members (excludes halogenated alkanes) is 48. The Morgan fingerprint density at radius 1 is 0.270 bits per heavy atom. The lowest BCUT2D eigenvalue weighted by Crippen LogP contribution is -2.30. The second kappa shape index (κ2) is 63.4. The van der Waals surface area contributed by atoms with Crippen molar-refractivity contribution >= 4 is 17.9 Å². The summed E-state index contributed by atoms with van der Waals surface area (Å²) in [6.07, 6.45) is 76.1. The van der Waals surface area contributed by atoms with Gasteiger partial charge in [-0.25, -0.2) is 0 Å². The lowest BCUT2D eigenvalue weighted by atomic mass is 10.0. The minimum absolute atomic E-state index is 0.0655. The molecule has 6 heteroatoms. The summed E-state index contributed by atoms with van der Waals surface area (Å²) in [5.74, 6) is -0.837. The summed E-state index contributed by atoms with van der Waals surface area (Å²) in [5, 5.41) is 0. The van der Waals surface area contributed by atoms with Gasteiger partial charge in [0.05, 0.1) is 0 Å². The zero-order chi connectivity index (χ0) is 53.6. The Balaban J connectivity index is 4.31. The zero-order valence-electron chi connectivity index (χ0n) is 50.1. The molecule has 0 aliphatic carbocycles. The SMILES string of the molecule is CCCCC/C=C\C=C/CCCCCCCCCCCCC(=O)OCC(COC(=O)CCCCCCCCCCCCCCCCCCCC)OC(=O)CCCCCCCCCCCCCCCCCCCCC. The first-order valence-electron chi connectivity index (χ1n) is 33.4. The topological polar surface area (TPSA) is 78.9 Å². The van der Waals surface area contributed by atoms with Gasteiger partial charge in [-0.15, -0.1) is 0 Å². The number of hydrogen-bond donors (Lipinski definition) is 0. The molecule has 0 aromatic carbocycles. The van der Waals surface area contributed by atoms with E-state index in [1.807, 2.05) is 0 Å². The molecule has 0 amide bonds. The van der Waals surface area contributed by atoms with Crippen LogP contribution in [0.15, 0.2) is 24.3 Å². The molecule has 0 aliphatic heterocycles. The minimum Gasteiger partial charge on any atom is -0.462 e. The molecule has 74 heavy (non-hydrogen) atoms. The van der Waals surface area contributed by atoms with Crippen LogP contribution in [0, 0.1) is 0 Å². The average molecular weight is 1040 g/mol. The van der Waals surface area contributed by atoms with E-state index < -0.39 is 6.10 Å². The average Bonchev–Trinajstić information content (AvgIpc) is 3.40. The molecular weight excluding hydrogens is 913 g/mol. The van der Waals surface area contributed by atoms with Crippen LogP contribution in [0.5, 0.6) is 0 Å². The van der Waals surface area contributed by atoms with Gasteiger partial charge in [-0.3, -0.25) is 14.4 Å². The monoisotopic (exact) mass is 1040 g/mol. The smallest absolute Gasteiger partial charge is 0.306 e. The molecule has 0 radical (unpaired) electrons. The maximum atomic E-state index is 12.9. The maximum Gasteiger partial charge on any atom is 0.306 e. The van der Waals surface area contributed by atoms with Crippen LogP contribution in [0.25, 0.3) is 0 Å². The third kappa shape index (κ3) is 60.8. The summed E-state index contributed by atoms with van der Waals surface area (Å²) in [4.78, 5) is 38.4. The molecular formula is C68H128O6. The summed E-state index contributed by atoms with van der Waals surface area (Å²) in [5.41, 5.74) is 0. The number of carbonyl (C=O) groups excluding carboxylic acids is 3. The molecule has 436 valence electrons. The van der Waals surface area contributed by atoms with Crippen molar-refractivity contribution in [3.63, 3.8) is 0 Å². The van der Waals surface area contributed by atoms with Gasteiger partial charge >= 0.3 is 17.9 Å². The number of hydrogen-bond acceptors (Lipinski definition) is 6. The molecule has 0 fully saturated rings. The van der Waals surface area contributed by atoms with Gasteiger partial charge in [0.15, 0.2) is 6.10 Å². The van der Waals surface area contributed by atoms with Gasteiger partial charge in [0.1, 0.15) is 13.2 Å². The van der Waals surface area contributed by atoms with Crippen LogP contribution in [-0.4, -0.2) is 37.2 Å². The third-order valence-corrected chi connectivity index (χ3v) is 15.2.